The third-order valence-electron chi connectivity index (χ3n) is 3.08. The summed E-state index contributed by atoms with van der Waals surface area (Å²) in [5.41, 5.74) is 0.383. The molecule has 1 aliphatic heterocycles. The van der Waals surface area contributed by atoms with Crippen molar-refractivity contribution in [3.8, 4) is 0 Å². The molecular weight excluding hydrogens is 251 g/mol. The van der Waals surface area contributed by atoms with E-state index >= 15 is 0 Å². The Morgan fingerprint density at radius 3 is 2.89 bits per heavy atom. The number of carbonyl (C=O) groups is 2. The molecule has 102 valence electrons. The highest BCUT2D eigenvalue weighted by atomic mass is 19.1. The van der Waals surface area contributed by atoms with Crippen LogP contribution >= 0.6 is 0 Å². The zero-order chi connectivity index (χ0) is 13.8. The molecule has 0 aliphatic carbocycles. The maximum atomic E-state index is 13.5. The molecule has 0 unspecified atom stereocenters. The van der Waals surface area contributed by atoms with Gasteiger partial charge in [-0.2, -0.15) is 0 Å². The molecule has 1 amide bonds. The lowest BCUT2D eigenvalue weighted by molar-refractivity contribution is -0.120. The van der Waals surface area contributed by atoms with E-state index in [1.165, 1.54) is 12.1 Å². The largest absolute Gasteiger partial charge is 0.478 e. The maximum absolute atomic E-state index is 13.5. The third kappa shape index (κ3) is 3.51. The predicted molar refractivity (Wildman–Crippen MR) is 66.3 cm³/mol. The van der Waals surface area contributed by atoms with Crippen LogP contribution in [0.15, 0.2) is 18.2 Å². The number of nitrogens with zero attached hydrogens (tertiary/aromatic N) is 1. The van der Waals surface area contributed by atoms with E-state index in [2.05, 4.69) is 5.32 Å². The summed E-state index contributed by atoms with van der Waals surface area (Å²) in [6, 6.07) is 4.12. The number of aromatic carboxylic acids is 1. The summed E-state index contributed by atoms with van der Waals surface area (Å²) in [5.74, 6) is -1.97. The van der Waals surface area contributed by atoms with Crippen LogP contribution in [0.1, 0.15) is 22.3 Å². The molecule has 1 aliphatic rings. The molecule has 0 spiro atoms. The quantitative estimate of drug-likeness (QED) is 0.851. The Kier molecular flexibility index (Phi) is 4.11. The van der Waals surface area contributed by atoms with Crippen molar-refractivity contribution in [3.05, 3.63) is 35.1 Å². The molecule has 2 N–H and O–H groups in total. The van der Waals surface area contributed by atoms with Crippen LogP contribution in [-0.2, 0) is 11.3 Å². The number of rotatable bonds is 3. The molecule has 1 heterocycles. The Bertz CT molecular complexity index is 505. The van der Waals surface area contributed by atoms with Crippen molar-refractivity contribution in [2.75, 3.05) is 19.6 Å². The van der Waals surface area contributed by atoms with E-state index in [1.807, 2.05) is 4.90 Å². The predicted octanol–water partition coefficient (Wildman–Crippen LogP) is 0.846. The minimum atomic E-state index is -1.27. The number of halogens is 1. The van der Waals surface area contributed by atoms with Crippen LogP contribution in [0.4, 0.5) is 4.39 Å². The van der Waals surface area contributed by atoms with Crippen LogP contribution in [0.3, 0.4) is 0 Å². The van der Waals surface area contributed by atoms with Crippen molar-refractivity contribution in [1.29, 1.82) is 0 Å². The maximum Gasteiger partial charge on any atom is 0.338 e. The van der Waals surface area contributed by atoms with Crippen LogP contribution in [0, 0.1) is 5.82 Å². The fourth-order valence-corrected chi connectivity index (χ4v) is 2.06. The van der Waals surface area contributed by atoms with Crippen molar-refractivity contribution >= 4 is 11.9 Å². The monoisotopic (exact) mass is 266 g/mol. The molecule has 0 aromatic heterocycles. The van der Waals surface area contributed by atoms with Gasteiger partial charge in [0, 0.05) is 32.6 Å². The molecule has 1 saturated heterocycles. The van der Waals surface area contributed by atoms with Gasteiger partial charge in [-0.15, -0.1) is 0 Å². The topological polar surface area (TPSA) is 69.6 Å². The summed E-state index contributed by atoms with van der Waals surface area (Å²) < 4.78 is 13.5. The number of carboxylic acid groups (broad SMARTS) is 1. The summed E-state index contributed by atoms with van der Waals surface area (Å²) in [6.45, 7) is 2.41. The van der Waals surface area contributed by atoms with Crippen molar-refractivity contribution in [2.45, 2.75) is 13.0 Å². The van der Waals surface area contributed by atoms with Gasteiger partial charge in [0.2, 0.25) is 5.91 Å². The van der Waals surface area contributed by atoms with E-state index in [4.69, 9.17) is 5.11 Å². The third-order valence-corrected chi connectivity index (χ3v) is 3.08. The van der Waals surface area contributed by atoms with Crippen LogP contribution in [-0.4, -0.2) is 41.5 Å². The Labute approximate surface area is 110 Å². The molecule has 1 aromatic rings. The van der Waals surface area contributed by atoms with Crippen molar-refractivity contribution in [1.82, 2.24) is 10.2 Å². The SMILES string of the molecule is O=C1CCN(Cc2ccc(C(=O)O)c(F)c2)CCN1. The molecule has 5 nitrogen and oxygen atoms in total. The average Bonchev–Trinajstić information content (AvgIpc) is 2.54. The molecule has 1 aromatic carbocycles. The van der Waals surface area contributed by atoms with Crippen LogP contribution in [0.5, 0.6) is 0 Å². The minimum Gasteiger partial charge on any atom is -0.478 e. The number of carbonyl (C=O) groups excluding carboxylic acids is 1. The van der Waals surface area contributed by atoms with Crippen molar-refractivity contribution < 1.29 is 19.1 Å². The van der Waals surface area contributed by atoms with Gasteiger partial charge in [-0.25, -0.2) is 9.18 Å². The molecule has 0 radical (unpaired) electrons. The molecule has 0 bridgehead atoms. The Morgan fingerprint density at radius 2 is 2.21 bits per heavy atom. The highest BCUT2D eigenvalue weighted by Gasteiger charge is 2.15. The van der Waals surface area contributed by atoms with Gasteiger partial charge in [0.25, 0.3) is 0 Å². The fraction of sp³-hybridized carbons (Fsp3) is 0.385. The van der Waals surface area contributed by atoms with Gasteiger partial charge in [0.1, 0.15) is 5.82 Å². The van der Waals surface area contributed by atoms with Crippen LogP contribution in [0.2, 0.25) is 0 Å². The van der Waals surface area contributed by atoms with Crippen molar-refractivity contribution in [2.24, 2.45) is 0 Å². The lowest BCUT2D eigenvalue weighted by Crippen LogP contribution is -2.28. The molecule has 0 atom stereocenters. The average molecular weight is 266 g/mol. The number of benzene rings is 1. The number of carboxylic acids is 1. The standard InChI is InChI=1S/C13H15FN2O3/c14-11-7-9(1-2-10(11)13(18)19)8-16-5-3-12(17)15-4-6-16/h1-2,7H,3-6,8H2,(H,15,17)(H,18,19). The Hall–Kier alpha value is -1.95. The molecule has 6 heteroatoms. The smallest absolute Gasteiger partial charge is 0.338 e. The van der Waals surface area contributed by atoms with E-state index in [0.29, 0.717) is 38.2 Å². The first-order valence-electron chi connectivity index (χ1n) is 6.07. The number of hydrogen-bond acceptors (Lipinski definition) is 3. The molecule has 1 fully saturated rings. The lowest BCUT2D eigenvalue weighted by atomic mass is 10.1. The van der Waals surface area contributed by atoms with E-state index in [0.717, 1.165) is 0 Å². The van der Waals surface area contributed by atoms with Gasteiger partial charge in [0.05, 0.1) is 5.56 Å². The number of hydrogen-bond donors (Lipinski definition) is 2. The first kappa shape index (κ1) is 13.5. The fourth-order valence-electron chi connectivity index (χ4n) is 2.06. The molecule has 0 saturated carbocycles. The molecule has 2 rings (SSSR count). The van der Waals surface area contributed by atoms with Gasteiger partial charge in [-0.1, -0.05) is 6.07 Å². The summed E-state index contributed by atoms with van der Waals surface area (Å²) in [7, 11) is 0. The number of nitrogens with one attached hydrogen (secondary N) is 1. The summed E-state index contributed by atoms with van der Waals surface area (Å²) >= 11 is 0. The zero-order valence-electron chi connectivity index (χ0n) is 10.4. The van der Waals surface area contributed by atoms with Crippen LogP contribution < -0.4 is 5.32 Å². The second kappa shape index (κ2) is 5.79. The normalized spacial score (nSPS) is 16.8. The molecular formula is C13H15FN2O3. The summed E-state index contributed by atoms with van der Waals surface area (Å²) in [6.07, 6.45) is 0.426. The summed E-state index contributed by atoms with van der Waals surface area (Å²) in [5, 5.41) is 11.5. The van der Waals surface area contributed by atoms with E-state index in [-0.39, 0.29) is 11.5 Å². The van der Waals surface area contributed by atoms with E-state index < -0.39 is 11.8 Å². The van der Waals surface area contributed by atoms with Gasteiger partial charge in [0.15, 0.2) is 0 Å². The first-order valence-corrected chi connectivity index (χ1v) is 6.07. The van der Waals surface area contributed by atoms with Gasteiger partial charge in [-0.05, 0) is 17.7 Å². The van der Waals surface area contributed by atoms with Crippen molar-refractivity contribution in [3.63, 3.8) is 0 Å². The van der Waals surface area contributed by atoms with Crippen LogP contribution in [0.25, 0.3) is 0 Å². The number of amides is 1. The van der Waals surface area contributed by atoms with E-state index in [9.17, 15) is 14.0 Å². The summed E-state index contributed by atoms with van der Waals surface area (Å²) in [4.78, 5) is 23.9. The lowest BCUT2D eigenvalue weighted by Gasteiger charge is -2.19. The Balaban J connectivity index is 2.04. The second-order valence-electron chi connectivity index (χ2n) is 4.50. The molecule has 19 heavy (non-hydrogen) atoms. The van der Waals surface area contributed by atoms with E-state index in [1.54, 1.807) is 6.07 Å². The second-order valence-corrected chi connectivity index (χ2v) is 4.50. The zero-order valence-corrected chi connectivity index (χ0v) is 10.4. The highest BCUT2D eigenvalue weighted by molar-refractivity contribution is 5.87. The Morgan fingerprint density at radius 1 is 1.42 bits per heavy atom. The first-order chi connectivity index (χ1) is 9.06. The van der Waals surface area contributed by atoms with Gasteiger partial charge >= 0.3 is 5.97 Å². The van der Waals surface area contributed by atoms with Gasteiger partial charge in [-0.3, -0.25) is 9.69 Å². The highest BCUT2D eigenvalue weighted by Crippen LogP contribution is 2.13. The minimum absolute atomic E-state index is 0.0231. The van der Waals surface area contributed by atoms with Gasteiger partial charge < -0.3 is 10.4 Å².